The Kier molecular flexibility index (Phi) is 4.35. The lowest BCUT2D eigenvalue weighted by atomic mass is 9.87. The van der Waals surface area contributed by atoms with Crippen LogP contribution in [0.2, 0.25) is 0 Å². The first-order valence-electron chi connectivity index (χ1n) is 6.40. The van der Waals surface area contributed by atoms with Crippen LogP contribution in [0.3, 0.4) is 0 Å². The van der Waals surface area contributed by atoms with Crippen LogP contribution < -0.4 is 5.32 Å². The quantitative estimate of drug-likeness (QED) is 0.890. The Morgan fingerprint density at radius 2 is 2.18 bits per heavy atom. The van der Waals surface area contributed by atoms with E-state index in [2.05, 4.69) is 36.5 Å². The second kappa shape index (κ2) is 5.78. The molecule has 0 saturated heterocycles. The summed E-state index contributed by atoms with van der Waals surface area (Å²) in [4.78, 5) is 0. The van der Waals surface area contributed by atoms with Gasteiger partial charge in [-0.05, 0) is 37.4 Å². The fraction of sp³-hybridized carbons (Fsp3) is 0.571. The SMILES string of the molecule is CCCS(=O)C1CCc2ccccc2C1NC. The lowest BCUT2D eigenvalue weighted by molar-refractivity contribution is 0.497. The Hall–Kier alpha value is -0.670. The zero-order valence-electron chi connectivity index (χ0n) is 10.6. The van der Waals surface area contributed by atoms with Crippen molar-refractivity contribution in [2.45, 2.75) is 37.5 Å². The van der Waals surface area contributed by atoms with Gasteiger partial charge < -0.3 is 5.32 Å². The molecule has 1 aromatic carbocycles. The van der Waals surface area contributed by atoms with E-state index in [1.54, 1.807) is 0 Å². The van der Waals surface area contributed by atoms with Crippen LogP contribution in [0.15, 0.2) is 24.3 Å². The van der Waals surface area contributed by atoms with Gasteiger partial charge >= 0.3 is 0 Å². The molecule has 0 bridgehead atoms. The number of fused-ring (bicyclic) bond motifs is 1. The van der Waals surface area contributed by atoms with E-state index in [-0.39, 0.29) is 11.3 Å². The Balaban J connectivity index is 2.26. The van der Waals surface area contributed by atoms with E-state index in [1.165, 1.54) is 11.1 Å². The lowest BCUT2D eigenvalue weighted by Gasteiger charge is -2.32. The smallest absolute Gasteiger partial charge is 0.0546 e. The monoisotopic (exact) mass is 251 g/mol. The van der Waals surface area contributed by atoms with Gasteiger partial charge in [0.25, 0.3) is 0 Å². The Bertz CT molecular complexity index is 405. The van der Waals surface area contributed by atoms with E-state index in [9.17, 15) is 4.21 Å². The van der Waals surface area contributed by atoms with Gasteiger partial charge in [0, 0.05) is 22.6 Å². The van der Waals surface area contributed by atoms with Crippen molar-refractivity contribution in [2.24, 2.45) is 0 Å². The van der Waals surface area contributed by atoms with Crippen molar-refractivity contribution in [2.75, 3.05) is 12.8 Å². The summed E-state index contributed by atoms with van der Waals surface area (Å²) in [7, 11) is 1.27. The molecule has 3 atom stereocenters. The zero-order chi connectivity index (χ0) is 12.3. The van der Waals surface area contributed by atoms with Gasteiger partial charge in [0.1, 0.15) is 0 Å². The summed E-state index contributed by atoms with van der Waals surface area (Å²) < 4.78 is 12.2. The van der Waals surface area contributed by atoms with Gasteiger partial charge in [0.2, 0.25) is 0 Å². The molecule has 0 spiro atoms. The highest BCUT2D eigenvalue weighted by Crippen LogP contribution is 2.32. The molecule has 1 aliphatic carbocycles. The van der Waals surface area contributed by atoms with Gasteiger partial charge in [0.05, 0.1) is 5.25 Å². The third-order valence-corrected chi connectivity index (χ3v) is 5.51. The molecule has 0 aliphatic heterocycles. The highest BCUT2D eigenvalue weighted by molar-refractivity contribution is 7.85. The van der Waals surface area contributed by atoms with Crippen molar-refractivity contribution in [1.29, 1.82) is 0 Å². The molecular weight excluding hydrogens is 230 g/mol. The first kappa shape index (κ1) is 12.8. The molecule has 0 radical (unpaired) electrons. The van der Waals surface area contributed by atoms with Gasteiger partial charge in [-0.2, -0.15) is 0 Å². The van der Waals surface area contributed by atoms with Gasteiger partial charge in [-0.3, -0.25) is 4.21 Å². The highest BCUT2D eigenvalue weighted by Gasteiger charge is 2.31. The molecule has 17 heavy (non-hydrogen) atoms. The number of nitrogens with one attached hydrogen (secondary N) is 1. The van der Waals surface area contributed by atoms with E-state index in [0.717, 1.165) is 25.0 Å². The molecule has 94 valence electrons. The summed E-state index contributed by atoms with van der Waals surface area (Å²) in [6.07, 6.45) is 3.10. The molecular formula is C14H21NOS. The topological polar surface area (TPSA) is 29.1 Å². The summed E-state index contributed by atoms with van der Waals surface area (Å²) in [5.74, 6) is 0.824. The van der Waals surface area contributed by atoms with Gasteiger partial charge in [0.15, 0.2) is 0 Å². The Morgan fingerprint density at radius 3 is 2.88 bits per heavy atom. The number of hydrogen-bond acceptors (Lipinski definition) is 2. The maximum Gasteiger partial charge on any atom is 0.0546 e. The Morgan fingerprint density at radius 1 is 1.41 bits per heavy atom. The molecule has 1 N–H and O–H groups in total. The average molecular weight is 251 g/mol. The molecule has 0 heterocycles. The average Bonchev–Trinajstić information content (AvgIpc) is 2.37. The second-order valence-corrected chi connectivity index (χ2v) is 6.40. The van der Waals surface area contributed by atoms with Crippen molar-refractivity contribution in [1.82, 2.24) is 5.32 Å². The number of rotatable bonds is 4. The summed E-state index contributed by atoms with van der Waals surface area (Å²) in [6, 6.07) is 8.79. The van der Waals surface area contributed by atoms with Crippen molar-refractivity contribution < 1.29 is 4.21 Å². The van der Waals surface area contributed by atoms with E-state index in [4.69, 9.17) is 0 Å². The standard InChI is InChI=1S/C14H21NOS/c1-3-10-17(16)13-9-8-11-6-4-5-7-12(11)14(13)15-2/h4-7,13-15H,3,8-10H2,1-2H3. The molecule has 2 nitrogen and oxygen atoms in total. The number of hydrogen-bond donors (Lipinski definition) is 1. The minimum absolute atomic E-state index is 0.257. The van der Waals surface area contributed by atoms with E-state index in [0.29, 0.717) is 0 Å². The van der Waals surface area contributed by atoms with Crippen LogP contribution in [0.25, 0.3) is 0 Å². The second-order valence-electron chi connectivity index (χ2n) is 4.63. The van der Waals surface area contributed by atoms with Crippen molar-refractivity contribution in [3.63, 3.8) is 0 Å². The molecule has 1 aromatic rings. The summed E-state index contributed by atoms with van der Waals surface area (Å²) in [5.41, 5.74) is 2.76. The molecule has 0 amide bonds. The highest BCUT2D eigenvalue weighted by atomic mass is 32.2. The van der Waals surface area contributed by atoms with Gasteiger partial charge in [-0.25, -0.2) is 0 Å². The molecule has 2 rings (SSSR count). The third-order valence-electron chi connectivity index (χ3n) is 3.51. The predicted molar refractivity (Wildman–Crippen MR) is 73.7 cm³/mol. The predicted octanol–water partition coefficient (Wildman–Crippen LogP) is 2.42. The number of benzene rings is 1. The molecule has 1 aliphatic rings. The maximum absolute atomic E-state index is 12.2. The van der Waals surface area contributed by atoms with Crippen LogP contribution >= 0.6 is 0 Å². The van der Waals surface area contributed by atoms with Gasteiger partial charge in [-0.15, -0.1) is 0 Å². The van der Waals surface area contributed by atoms with E-state index < -0.39 is 10.8 Å². The lowest BCUT2D eigenvalue weighted by Crippen LogP contribution is -2.37. The van der Waals surface area contributed by atoms with Crippen LogP contribution in [0.1, 0.15) is 36.9 Å². The molecule has 3 unspecified atom stereocenters. The largest absolute Gasteiger partial charge is 0.312 e. The first-order valence-corrected chi connectivity index (χ1v) is 7.78. The summed E-state index contributed by atoms with van der Waals surface area (Å²) in [6.45, 7) is 2.10. The minimum atomic E-state index is -0.706. The molecule has 0 saturated carbocycles. The van der Waals surface area contributed by atoms with Crippen LogP contribution in [0, 0.1) is 0 Å². The molecule has 0 fully saturated rings. The van der Waals surface area contributed by atoms with Crippen molar-refractivity contribution in [3.8, 4) is 0 Å². The van der Waals surface area contributed by atoms with Crippen molar-refractivity contribution >= 4 is 10.8 Å². The zero-order valence-corrected chi connectivity index (χ0v) is 11.4. The normalized spacial score (nSPS) is 25.3. The fourth-order valence-corrected chi connectivity index (χ4v) is 4.38. The maximum atomic E-state index is 12.2. The summed E-state index contributed by atoms with van der Waals surface area (Å²) in [5, 5.41) is 3.63. The van der Waals surface area contributed by atoms with E-state index in [1.807, 2.05) is 7.05 Å². The van der Waals surface area contributed by atoms with Crippen LogP contribution in [0.4, 0.5) is 0 Å². The Labute approximate surface area is 106 Å². The van der Waals surface area contributed by atoms with Crippen LogP contribution in [-0.4, -0.2) is 22.3 Å². The van der Waals surface area contributed by atoms with Gasteiger partial charge in [-0.1, -0.05) is 31.2 Å². The first-order chi connectivity index (χ1) is 8.27. The van der Waals surface area contributed by atoms with Crippen molar-refractivity contribution in [3.05, 3.63) is 35.4 Å². The fourth-order valence-electron chi connectivity index (χ4n) is 2.71. The molecule has 0 aromatic heterocycles. The summed E-state index contributed by atoms with van der Waals surface area (Å²) >= 11 is 0. The third kappa shape index (κ3) is 2.61. The van der Waals surface area contributed by atoms with Crippen LogP contribution in [0.5, 0.6) is 0 Å². The molecule has 3 heteroatoms. The van der Waals surface area contributed by atoms with Crippen LogP contribution in [-0.2, 0) is 17.2 Å². The van der Waals surface area contributed by atoms with E-state index >= 15 is 0 Å². The minimum Gasteiger partial charge on any atom is -0.312 e. The number of aryl methyl sites for hydroxylation is 1.